The van der Waals surface area contributed by atoms with Crippen molar-refractivity contribution in [3.63, 3.8) is 0 Å². The van der Waals surface area contributed by atoms with Gasteiger partial charge in [-0.1, -0.05) is 6.07 Å². The van der Waals surface area contributed by atoms with Gasteiger partial charge in [-0.25, -0.2) is 9.97 Å². The maximum absolute atomic E-state index is 12.7. The summed E-state index contributed by atoms with van der Waals surface area (Å²) in [5, 5.41) is 11.5. The van der Waals surface area contributed by atoms with Crippen LogP contribution in [-0.4, -0.2) is 40.0 Å². The number of amides is 1. The molecule has 26 heavy (non-hydrogen) atoms. The maximum atomic E-state index is 12.7. The quantitative estimate of drug-likeness (QED) is 0.618. The number of nitrogens with one attached hydrogen (secondary N) is 3. The lowest BCUT2D eigenvalue weighted by Crippen LogP contribution is -2.37. The third-order valence-corrected chi connectivity index (χ3v) is 5.27. The standard InChI is InChI=1S/C18H20N6OS/c25-17(21-11-13-4-2-7-20-13)15-16-14(5-8-26-16)23-18(24-15)22-10-12-3-1-6-19-9-12/h1,3,5-6,8-9,13,20H,2,4,7,10-11H2,(H,21,25)(H,22,23,24). The summed E-state index contributed by atoms with van der Waals surface area (Å²) in [5.41, 5.74) is 2.24. The summed E-state index contributed by atoms with van der Waals surface area (Å²) in [6, 6.07) is 6.12. The summed E-state index contributed by atoms with van der Waals surface area (Å²) in [5.74, 6) is 0.293. The molecule has 1 amide bonds. The second-order valence-electron chi connectivity index (χ2n) is 6.25. The van der Waals surface area contributed by atoms with E-state index in [9.17, 15) is 4.79 Å². The van der Waals surface area contributed by atoms with Gasteiger partial charge < -0.3 is 16.0 Å². The van der Waals surface area contributed by atoms with E-state index in [1.165, 1.54) is 11.3 Å². The highest BCUT2D eigenvalue weighted by Gasteiger charge is 2.19. The SMILES string of the molecule is O=C(NCC1CCCN1)c1nc(NCc2cccnc2)nc2ccsc12. The Kier molecular flexibility index (Phi) is 5.03. The van der Waals surface area contributed by atoms with Crippen LogP contribution in [0.25, 0.3) is 10.2 Å². The average molecular weight is 368 g/mol. The Labute approximate surface area is 155 Å². The zero-order valence-corrected chi connectivity index (χ0v) is 15.1. The van der Waals surface area contributed by atoms with Crippen LogP contribution in [0.2, 0.25) is 0 Å². The molecule has 1 aliphatic rings. The lowest BCUT2D eigenvalue weighted by Gasteiger charge is -2.12. The van der Waals surface area contributed by atoms with Crippen molar-refractivity contribution in [1.29, 1.82) is 0 Å². The van der Waals surface area contributed by atoms with Crippen molar-refractivity contribution in [2.24, 2.45) is 0 Å². The molecule has 0 radical (unpaired) electrons. The highest BCUT2D eigenvalue weighted by molar-refractivity contribution is 7.17. The number of fused-ring (bicyclic) bond motifs is 1. The summed E-state index contributed by atoms with van der Waals surface area (Å²) < 4.78 is 0.814. The molecule has 0 aromatic carbocycles. The van der Waals surface area contributed by atoms with E-state index >= 15 is 0 Å². The second kappa shape index (κ2) is 7.76. The predicted octanol–water partition coefficient (Wildman–Crippen LogP) is 2.18. The van der Waals surface area contributed by atoms with Crippen LogP contribution in [0.15, 0.2) is 36.0 Å². The second-order valence-corrected chi connectivity index (χ2v) is 7.17. The zero-order valence-electron chi connectivity index (χ0n) is 14.2. The van der Waals surface area contributed by atoms with E-state index in [0.29, 0.717) is 30.8 Å². The van der Waals surface area contributed by atoms with Gasteiger partial charge in [0, 0.05) is 31.5 Å². The van der Waals surface area contributed by atoms with Crippen LogP contribution >= 0.6 is 11.3 Å². The molecule has 8 heteroatoms. The van der Waals surface area contributed by atoms with Crippen LogP contribution in [0, 0.1) is 0 Å². The number of nitrogens with zero attached hydrogens (tertiary/aromatic N) is 3. The molecule has 0 saturated carbocycles. The molecule has 134 valence electrons. The van der Waals surface area contributed by atoms with Crippen LogP contribution in [0.3, 0.4) is 0 Å². The van der Waals surface area contributed by atoms with Crippen molar-refractivity contribution in [2.45, 2.75) is 25.4 Å². The van der Waals surface area contributed by atoms with Crippen molar-refractivity contribution < 1.29 is 4.79 Å². The number of rotatable bonds is 6. The molecule has 7 nitrogen and oxygen atoms in total. The number of carbonyl (C=O) groups excluding carboxylic acids is 1. The predicted molar refractivity (Wildman–Crippen MR) is 102 cm³/mol. The van der Waals surface area contributed by atoms with E-state index in [4.69, 9.17) is 0 Å². The Morgan fingerprint density at radius 3 is 3.12 bits per heavy atom. The number of aromatic nitrogens is 3. The molecule has 0 bridgehead atoms. The van der Waals surface area contributed by atoms with Crippen molar-refractivity contribution in [2.75, 3.05) is 18.4 Å². The Hall–Kier alpha value is -2.58. The molecule has 4 heterocycles. The summed E-state index contributed by atoms with van der Waals surface area (Å²) in [7, 11) is 0. The normalized spacial score (nSPS) is 16.7. The topological polar surface area (TPSA) is 91.8 Å². The molecule has 4 rings (SSSR count). The molecule has 1 unspecified atom stereocenters. The minimum atomic E-state index is -0.155. The molecular formula is C18H20N6OS. The van der Waals surface area contributed by atoms with Gasteiger partial charge in [0.1, 0.15) is 0 Å². The maximum Gasteiger partial charge on any atom is 0.271 e. The van der Waals surface area contributed by atoms with Gasteiger partial charge in [-0.2, -0.15) is 0 Å². The summed E-state index contributed by atoms with van der Waals surface area (Å²) in [6.45, 7) is 2.19. The lowest BCUT2D eigenvalue weighted by atomic mass is 10.2. The largest absolute Gasteiger partial charge is 0.350 e. The van der Waals surface area contributed by atoms with Crippen LogP contribution in [-0.2, 0) is 6.54 Å². The highest BCUT2D eigenvalue weighted by atomic mass is 32.1. The number of hydrogen-bond acceptors (Lipinski definition) is 7. The van der Waals surface area contributed by atoms with E-state index in [2.05, 4.69) is 30.9 Å². The van der Waals surface area contributed by atoms with Gasteiger partial charge in [-0.05, 0) is 42.5 Å². The molecule has 3 aromatic heterocycles. The van der Waals surface area contributed by atoms with Gasteiger partial charge in [0.2, 0.25) is 5.95 Å². The third kappa shape index (κ3) is 3.81. The van der Waals surface area contributed by atoms with Gasteiger partial charge in [0.25, 0.3) is 5.91 Å². The average Bonchev–Trinajstić information content (AvgIpc) is 3.36. The minimum absolute atomic E-state index is 0.155. The Morgan fingerprint density at radius 1 is 1.35 bits per heavy atom. The number of hydrogen-bond donors (Lipinski definition) is 3. The fourth-order valence-corrected chi connectivity index (χ4v) is 3.83. The summed E-state index contributed by atoms with van der Waals surface area (Å²) in [4.78, 5) is 25.8. The molecule has 1 saturated heterocycles. The van der Waals surface area contributed by atoms with Crippen molar-refractivity contribution in [3.8, 4) is 0 Å². The van der Waals surface area contributed by atoms with E-state index in [1.807, 2.05) is 23.6 Å². The summed E-state index contributed by atoms with van der Waals surface area (Å²) in [6.07, 6.45) is 5.78. The molecular weight excluding hydrogens is 348 g/mol. The van der Waals surface area contributed by atoms with E-state index in [0.717, 1.165) is 35.2 Å². The number of thiophene rings is 1. The molecule has 1 atom stereocenters. The van der Waals surface area contributed by atoms with E-state index in [-0.39, 0.29) is 5.91 Å². The van der Waals surface area contributed by atoms with Crippen LogP contribution < -0.4 is 16.0 Å². The van der Waals surface area contributed by atoms with E-state index < -0.39 is 0 Å². The van der Waals surface area contributed by atoms with Crippen molar-refractivity contribution in [3.05, 3.63) is 47.2 Å². The van der Waals surface area contributed by atoms with Crippen LogP contribution in [0.5, 0.6) is 0 Å². The van der Waals surface area contributed by atoms with Gasteiger partial charge in [-0.15, -0.1) is 11.3 Å². The summed E-state index contributed by atoms with van der Waals surface area (Å²) >= 11 is 1.48. The van der Waals surface area contributed by atoms with Crippen LogP contribution in [0.4, 0.5) is 5.95 Å². The Balaban J connectivity index is 1.51. The molecule has 3 aromatic rings. The first-order chi connectivity index (χ1) is 12.8. The minimum Gasteiger partial charge on any atom is -0.350 e. The van der Waals surface area contributed by atoms with Crippen molar-refractivity contribution >= 4 is 33.4 Å². The Bertz CT molecular complexity index is 891. The third-order valence-electron chi connectivity index (χ3n) is 4.36. The first kappa shape index (κ1) is 16.9. The zero-order chi connectivity index (χ0) is 17.8. The fraction of sp³-hybridized carbons (Fsp3) is 0.333. The molecule has 0 spiro atoms. The van der Waals surface area contributed by atoms with E-state index in [1.54, 1.807) is 12.4 Å². The van der Waals surface area contributed by atoms with Gasteiger partial charge in [0.05, 0.1) is 10.2 Å². The Morgan fingerprint density at radius 2 is 2.31 bits per heavy atom. The molecule has 1 aliphatic heterocycles. The number of anilines is 1. The van der Waals surface area contributed by atoms with Crippen LogP contribution in [0.1, 0.15) is 28.9 Å². The van der Waals surface area contributed by atoms with Crippen molar-refractivity contribution in [1.82, 2.24) is 25.6 Å². The number of pyridine rings is 1. The molecule has 0 aliphatic carbocycles. The van der Waals surface area contributed by atoms with Gasteiger partial charge in [0.15, 0.2) is 5.69 Å². The molecule has 1 fully saturated rings. The lowest BCUT2D eigenvalue weighted by molar-refractivity contribution is 0.0947. The number of carbonyl (C=O) groups is 1. The smallest absolute Gasteiger partial charge is 0.271 e. The highest BCUT2D eigenvalue weighted by Crippen LogP contribution is 2.23. The first-order valence-electron chi connectivity index (χ1n) is 8.69. The van der Waals surface area contributed by atoms with Gasteiger partial charge >= 0.3 is 0 Å². The monoisotopic (exact) mass is 368 g/mol. The fourth-order valence-electron chi connectivity index (χ4n) is 3.01. The van der Waals surface area contributed by atoms with Gasteiger partial charge in [-0.3, -0.25) is 9.78 Å². The molecule has 3 N–H and O–H groups in total. The first-order valence-corrected chi connectivity index (χ1v) is 9.57.